The number of rotatable bonds is 3. The summed E-state index contributed by atoms with van der Waals surface area (Å²) in [5.41, 5.74) is -0.205. The Morgan fingerprint density at radius 1 is 1.38 bits per heavy atom. The van der Waals surface area contributed by atoms with E-state index in [-0.39, 0.29) is 0 Å². The van der Waals surface area contributed by atoms with Crippen LogP contribution in [0, 0.1) is 12.3 Å². The number of carbonyl (C=O) groups excluding carboxylic acids is 2. The van der Waals surface area contributed by atoms with E-state index in [2.05, 4.69) is 21.5 Å². The maximum atomic E-state index is 11.9. The van der Waals surface area contributed by atoms with Crippen molar-refractivity contribution < 1.29 is 14.3 Å². The summed E-state index contributed by atoms with van der Waals surface area (Å²) in [4.78, 5) is 27.6. The summed E-state index contributed by atoms with van der Waals surface area (Å²) in [6.45, 7) is 6.77. The van der Waals surface area contributed by atoms with Crippen LogP contribution in [-0.4, -0.2) is 28.6 Å². The second kappa shape index (κ2) is 6.75. The monoisotopic (exact) mass is 289 g/mol. The number of pyridine rings is 1. The van der Waals surface area contributed by atoms with Crippen molar-refractivity contribution in [2.45, 2.75) is 39.3 Å². The average Bonchev–Trinajstić information content (AvgIpc) is 2.36. The summed E-state index contributed by atoms with van der Waals surface area (Å²) >= 11 is 0. The minimum atomic E-state index is -0.767. The van der Waals surface area contributed by atoms with Crippen molar-refractivity contribution in [2.75, 3.05) is 5.32 Å². The van der Waals surface area contributed by atoms with Crippen LogP contribution < -0.4 is 10.6 Å². The van der Waals surface area contributed by atoms with E-state index in [4.69, 9.17) is 11.2 Å². The van der Waals surface area contributed by atoms with Crippen LogP contribution in [0.1, 0.15) is 33.4 Å². The first-order chi connectivity index (χ1) is 9.71. The first-order valence-electron chi connectivity index (χ1n) is 6.45. The van der Waals surface area contributed by atoms with Gasteiger partial charge in [0, 0.05) is 0 Å². The zero-order valence-corrected chi connectivity index (χ0v) is 12.6. The van der Waals surface area contributed by atoms with Gasteiger partial charge in [-0.2, -0.15) is 0 Å². The summed E-state index contributed by atoms with van der Waals surface area (Å²) in [6.07, 6.45) is 4.58. The van der Waals surface area contributed by atoms with Crippen LogP contribution in [0.5, 0.6) is 0 Å². The number of anilines is 1. The molecule has 0 unspecified atom stereocenters. The SMILES string of the molecule is C#Cc1cccc(NC(=O)[C@H](C)NC(=O)OC(C)(C)C)n1. The van der Waals surface area contributed by atoms with E-state index in [1.54, 1.807) is 45.9 Å². The molecule has 1 rings (SSSR count). The first kappa shape index (κ1) is 16.5. The van der Waals surface area contributed by atoms with Crippen molar-refractivity contribution in [3.05, 3.63) is 23.9 Å². The Labute approximate surface area is 124 Å². The van der Waals surface area contributed by atoms with Crippen molar-refractivity contribution in [3.63, 3.8) is 0 Å². The molecule has 0 aliphatic carbocycles. The fraction of sp³-hybridized carbons (Fsp3) is 0.400. The van der Waals surface area contributed by atoms with Crippen LogP contribution in [0.4, 0.5) is 10.6 Å². The van der Waals surface area contributed by atoms with Gasteiger partial charge in [-0.25, -0.2) is 9.78 Å². The minimum absolute atomic E-state index is 0.327. The fourth-order valence-corrected chi connectivity index (χ4v) is 1.37. The molecule has 1 atom stereocenters. The van der Waals surface area contributed by atoms with Gasteiger partial charge < -0.3 is 15.4 Å². The molecule has 1 heterocycles. The van der Waals surface area contributed by atoms with E-state index < -0.39 is 23.6 Å². The Kier molecular flexibility index (Phi) is 5.30. The number of aromatic nitrogens is 1. The quantitative estimate of drug-likeness (QED) is 0.833. The molecular formula is C15H19N3O3. The average molecular weight is 289 g/mol. The Morgan fingerprint density at radius 2 is 2.05 bits per heavy atom. The first-order valence-corrected chi connectivity index (χ1v) is 6.45. The normalized spacial score (nSPS) is 12.0. The number of hydrogen-bond donors (Lipinski definition) is 2. The zero-order chi connectivity index (χ0) is 16.0. The summed E-state index contributed by atoms with van der Waals surface area (Å²) in [6, 6.07) is 4.18. The molecule has 112 valence electrons. The molecule has 0 spiro atoms. The standard InChI is InChI=1S/C15H19N3O3/c1-6-11-8-7-9-12(17-11)18-13(19)10(2)16-14(20)21-15(3,4)5/h1,7-10H,2-5H3,(H,16,20)(H,17,18,19)/t10-/m0/s1. The van der Waals surface area contributed by atoms with Crippen molar-refractivity contribution in [1.82, 2.24) is 10.3 Å². The van der Waals surface area contributed by atoms with Crippen LogP contribution in [0.15, 0.2) is 18.2 Å². The molecule has 0 fully saturated rings. The largest absolute Gasteiger partial charge is 0.444 e. The molecule has 21 heavy (non-hydrogen) atoms. The predicted octanol–water partition coefficient (Wildman–Crippen LogP) is 1.91. The molecule has 6 nitrogen and oxygen atoms in total. The predicted molar refractivity (Wildman–Crippen MR) is 79.6 cm³/mol. The third-order valence-corrected chi connectivity index (χ3v) is 2.27. The maximum absolute atomic E-state index is 11.9. The third-order valence-electron chi connectivity index (χ3n) is 2.27. The van der Waals surface area contributed by atoms with Gasteiger partial charge in [-0.15, -0.1) is 6.42 Å². The number of terminal acetylenes is 1. The Balaban J connectivity index is 2.59. The Morgan fingerprint density at radius 3 is 2.62 bits per heavy atom. The fourth-order valence-electron chi connectivity index (χ4n) is 1.37. The number of hydrogen-bond acceptors (Lipinski definition) is 4. The summed E-state index contributed by atoms with van der Waals surface area (Å²) < 4.78 is 5.07. The van der Waals surface area contributed by atoms with Crippen LogP contribution in [0.2, 0.25) is 0 Å². The molecule has 2 amide bonds. The molecule has 0 aliphatic rings. The lowest BCUT2D eigenvalue weighted by molar-refractivity contribution is -0.117. The Hall–Kier alpha value is -2.55. The number of alkyl carbamates (subject to hydrolysis) is 1. The van der Waals surface area contributed by atoms with E-state index in [0.29, 0.717) is 11.5 Å². The van der Waals surface area contributed by atoms with Gasteiger partial charge in [0.25, 0.3) is 0 Å². The molecule has 0 saturated heterocycles. The number of carbonyl (C=O) groups is 2. The second-order valence-electron chi connectivity index (χ2n) is 5.41. The molecular weight excluding hydrogens is 270 g/mol. The molecule has 0 bridgehead atoms. The van der Waals surface area contributed by atoms with Gasteiger partial charge in [0.15, 0.2) is 0 Å². The van der Waals surface area contributed by atoms with Crippen LogP contribution in [0.25, 0.3) is 0 Å². The van der Waals surface area contributed by atoms with Crippen LogP contribution >= 0.6 is 0 Å². The smallest absolute Gasteiger partial charge is 0.408 e. The van der Waals surface area contributed by atoms with Gasteiger partial charge in [-0.05, 0) is 39.8 Å². The maximum Gasteiger partial charge on any atom is 0.408 e. The topological polar surface area (TPSA) is 80.3 Å². The van der Waals surface area contributed by atoms with Gasteiger partial charge in [0.05, 0.1) is 0 Å². The van der Waals surface area contributed by atoms with Crippen LogP contribution in [0.3, 0.4) is 0 Å². The van der Waals surface area contributed by atoms with E-state index in [9.17, 15) is 9.59 Å². The highest BCUT2D eigenvalue weighted by molar-refractivity contribution is 5.95. The van der Waals surface area contributed by atoms with E-state index >= 15 is 0 Å². The molecule has 6 heteroatoms. The summed E-state index contributed by atoms with van der Waals surface area (Å²) in [7, 11) is 0. The van der Waals surface area contributed by atoms with E-state index in [1.165, 1.54) is 0 Å². The molecule has 1 aromatic rings. The van der Waals surface area contributed by atoms with Crippen molar-refractivity contribution in [1.29, 1.82) is 0 Å². The molecule has 0 radical (unpaired) electrons. The molecule has 0 saturated carbocycles. The van der Waals surface area contributed by atoms with Gasteiger partial charge >= 0.3 is 6.09 Å². The van der Waals surface area contributed by atoms with Gasteiger partial charge in [0.1, 0.15) is 23.2 Å². The van der Waals surface area contributed by atoms with Gasteiger partial charge in [-0.1, -0.05) is 12.0 Å². The Bertz CT molecular complexity index is 570. The summed E-state index contributed by atoms with van der Waals surface area (Å²) in [5, 5.41) is 5.01. The van der Waals surface area contributed by atoms with Crippen molar-refractivity contribution in [2.24, 2.45) is 0 Å². The van der Waals surface area contributed by atoms with Crippen molar-refractivity contribution in [3.8, 4) is 12.3 Å². The molecule has 1 aromatic heterocycles. The highest BCUT2D eigenvalue weighted by Gasteiger charge is 2.21. The summed E-state index contributed by atoms with van der Waals surface area (Å²) in [5.74, 6) is 2.29. The van der Waals surface area contributed by atoms with Gasteiger partial charge in [0.2, 0.25) is 5.91 Å². The lowest BCUT2D eigenvalue weighted by Gasteiger charge is -2.21. The highest BCUT2D eigenvalue weighted by atomic mass is 16.6. The number of amides is 2. The number of nitrogens with one attached hydrogen (secondary N) is 2. The van der Waals surface area contributed by atoms with E-state index in [1.807, 2.05) is 0 Å². The molecule has 0 aliphatic heterocycles. The zero-order valence-electron chi connectivity index (χ0n) is 12.6. The van der Waals surface area contributed by atoms with Gasteiger partial charge in [-0.3, -0.25) is 4.79 Å². The number of ether oxygens (including phenoxy) is 1. The molecule has 0 aromatic carbocycles. The van der Waals surface area contributed by atoms with Crippen molar-refractivity contribution >= 4 is 17.8 Å². The highest BCUT2D eigenvalue weighted by Crippen LogP contribution is 2.07. The number of nitrogens with zero attached hydrogens (tertiary/aromatic N) is 1. The lowest BCUT2D eigenvalue weighted by Crippen LogP contribution is -2.44. The molecule has 2 N–H and O–H groups in total. The van der Waals surface area contributed by atoms with Crippen LogP contribution in [-0.2, 0) is 9.53 Å². The third kappa shape index (κ3) is 5.95. The van der Waals surface area contributed by atoms with E-state index in [0.717, 1.165) is 0 Å². The second-order valence-corrected chi connectivity index (χ2v) is 5.41. The minimum Gasteiger partial charge on any atom is -0.444 e. The lowest BCUT2D eigenvalue weighted by atomic mass is 10.2.